The number of hydrogen-bond acceptors (Lipinski definition) is 1. The molecule has 0 aromatic carbocycles. The molecule has 1 aliphatic carbocycles. The molecule has 1 heteroatoms. The van der Waals surface area contributed by atoms with Crippen molar-refractivity contribution < 1.29 is 4.79 Å². The summed E-state index contributed by atoms with van der Waals surface area (Å²) in [7, 11) is 0. The predicted octanol–water partition coefficient (Wildman–Crippen LogP) is 2.79. The Morgan fingerprint density at radius 1 is 1.27 bits per heavy atom. The highest BCUT2D eigenvalue weighted by Gasteiger charge is 2.29. The highest BCUT2D eigenvalue weighted by atomic mass is 16.1. The van der Waals surface area contributed by atoms with Crippen LogP contribution in [0.5, 0.6) is 0 Å². The van der Waals surface area contributed by atoms with Crippen molar-refractivity contribution in [1.29, 1.82) is 0 Å². The lowest BCUT2D eigenvalue weighted by Gasteiger charge is -2.28. The molecule has 0 amide bonds. The van der Waals surface area contributed by atoms with Crippen LogP contribution < -0.4 is 0 Å². The lowest BCUT2D eigenvalue weighted by atomic mass is 9.76. The zero-order valence-electron chi connectivity index (χ0n) is 7.60. The molecule has 64 valence electrons. The quantitative estimate of drug-likeness (QED) is 0.419. The first-order chi connectivity index (χ1) is 5.17. The predicted molar refractivity (Wildman–Crippen MR) is 46.4 cm³/mol. The van der Waals surface area contributed by atoms with E-state index >= 15 is 0 Å². The molecule has 0 heterocycles. The molecule has 1 unspecified atom stereocenters. The van der Waals surface area contributed by atoms with Gasteiger partial charge in [-0.25, -0.2) is 0 Å². The fourth-order valence-corrected chi connectivity index (χ4v) is 1.95. The molecule has 1 saturated carbocycles. The highest BCUT2D eigenvalue weighted by molar-refractivity contribution is 5.54. The fourth-order valence-electron chi connectivity index (χ4n) is 1.95. The molecule has 0 spiro atoms. The number of rotatable bonds is 1. The van der Waals surface area contributed by atoms with Crippen LogP contribution >= 0.6 is 0 Å². The van der Waals surface area contributed by atoms with Crippen LogP contribution in [-0.4, -0.2) is 6.29 Å². The summed E-state index contributed by atoms with van der Waals surface area (Å²) >= 11 is 0. The summed E-state index contributed by atoms with van der Waals surface area (Å²) in [4.78, 5) is 10.7. The SMILES string of the molecule is CC1(C)CCCCCC1C=O. The Balaban J connectivity index is 2.63. The van der Waals surface area contributed by atoms with Crippen molar-refractivity contribution >= 4 is 6.29 Å². The largest absolute Gasteiger partial charge is 0.303 e. The van der Waals surface area contributed by atoms with Crippen molar-refractivity contribution in [1.82, 2.24) is 0 Å². The van der Waals surface area contributed by atoms with Crippen LogP contribution in [0, 0.1) is 11.3 Å². The zero-order valence-corrected chi connectivity index (χ0v) is 7.60. The van der Waals surface area contributed by atoms with E-state index in [1.165, 1.54) is 25.7 Å². The Morgan fingerprint density at radius 3 is 2.64 bits per heavy atom. The van der Waals surface area contributed by atoms with E-state index in [0.717, 1.165) is 12.7 Å². The van der Waals surface area contributed by atoms with Gasteiger partial charge in [0.05, 0.1) is 0 Å². The third-order valence-corrected chi connectivity index (χ3v) is 3.00. The second kappa shape index (κ2) is 3.38. The third kappa shape index (κ3) is 2.05. The summed E-state index contributed by atoms with van der Waals surface area (Å²) in [5, 5.41) is 0. The standard InChI is InChI=1S/C10H18O/c1-10(2)7-5-3-4-6-9(10)8-11/h8-9H,3-7H2,1-2H3. The molecule has 0 aromatic heterocycles. The maximum atomic E-state index is 10.7. The van der Waals surface area contributed by atoms with Gasteiger partial charge in [-0.3, -0.25) is 0 Å². The van der Waals surface area contributed by atoms with Crippen LogP contribution in [0.4, 0.5) is 0 Å². The van der Waals surface area contributed by atoms with E-state index in [1.807, 2.05) is 0 Å². The Bertz CT molecular complexity index is 138. The summed E-state index contributed by atoms with van der Waals surface area (Å²) in [6.45, 7) is 4.44. The monoisotopic (exact) mass is 154 g/mol. The first-order valence-electron chi connectivity index (χ1n) is 4.62. The molecular weight excluding hydrogens is 136 g/mol. The first-order valence-corrected chi connectivity index (χ1v) is 4.62. The lowest BCUT2D eigenvalue weighted by Crippen LogP contribution is -2.23. The molecule has 0 aromatic rings. The van der Waals surface area contributed by atoms with Crippen LogP contribution in [0.15, 0.2) is 0 Å². The molecule has 1 aliphatic rings. The van der Waals surface area contributed by atoms with E-state index in [-0.39, 0.29) is 5.41 Å². The fraction of sp³-hybridized carbons (Fsp3) is 0.900. The van der Waals surface area contributed by atoms with Gasteiger partial charge in [0.1, 0.15) is 6.29 Å². The number of aldehydes is 1. The van der Waals surface area contributed by atoms with Crippen LogP contribution in [0.1, 0.15) is 46.0 Å². The van der Waals surface area contributed by atoms with E-state index in [1.54, 1.807) is 0 Å². The second-order valence-corrected chi connectivity index (χ2v) is 4.33. The Kier molecular flexibility index (Phi) is 2.69. The van der Waals surface area contributed by atoms with E-state index in [4.69, 9.17) is 0 Å². The van der Waals surface area contributed by atoms with Crippen molar-refractivity contribution in [2.75, 3.05) is 0 Å². The minimum Gasteiger partial charge on any atom is -0.303 e. The van der Waals surface area contributed by atoms with E-state index in [9.17, 15) is 4.79 Å². The summed E-state index contributed by atoms with van der Waals surface area (Å²) in [5.74, 6) is 0.310. The van der Waals surface area contributed by atoms with Gasteiger partial charge in [0.25, 0.3) is 0 Å². The van der Waals surface area contributed by atoms with Gasteiger partial charge in [-0.2, -0.15) is 0 Å². The average Bonchev–Trinajstić information content (AvgIpc) is 2.10. The van der Waals surface area contributed by atoms with Gasteiger partial charge in [-0.1, -0.05) is 33.1 Å². The van der Waals surface area contributed by atoms with Crippen molar-refractivity contribution in [3.05, 3.63) is 0 Å². The Labute approximate surface area is 69.2 Å². The summed E-state index contributed by atoms with van der Waals surface area (Å²) < 4.78 is 0. The van der Waals surface area contributed by atoms with Crippen molar-refractivity contribution in [3.8, 4) is 0 Å². The molecule has 0 N–H and O–H groups in total. The van der Waals surface area contributed by atoms with Crippen LogP contribution in [0.2, 0.25) is 0 Å². The first kappa shape index (κ1) is 8.76. The zero-order chi connectivity index (χ0) is 8.32. The van der Waals surface area contributed by atoms with Gasteiger partial charge in [-0.05, 0) is 18.3 Å². The maximum Gasteiger partial charge on any atom is 0.123 e. The molecule has 1 fully saturated rings. The van der Waals surface area contributed by atoms with Gasteiger partial charge in [0, 0.05) is 5.92 Å². The number of hydrogen-bond donors (Lipinski definition) is 0. The molecule has 0 bridgehead atoms. The summed E-state index contributed by atoms with van der Waals surface area (Å²) in [6, 6.07) is 0. The van der Waals surface area contributed by atoms with Gasteiger partial charge < -0.3 is 4.79 Å². The molecule has 0 radical (unpaired) electrons. The molecule has 11 heavy (non-hydrogen) atoms. The highest BCUT2D eigenvalue weighted by Crippen LogP contribution is 2.37. The normalized spacial score (nSPS) is 30.9. The average molecular weight is 154 g/mol. The van der Waals surface area contributed by atoms with Crippen molar-refractivity contribution in [2.45, 2.75) is 46.0 Å². The smallest absolute Gasteiger partial charge is 0.123 e. The van der Waals surface area contributed by atoms with Crippen LogP contribution in [-0.2, 0) is 4.79 Å². The van der Waals surface area contributed by atoms with Gasteiger partial charge in [0.2, 0.25) is 0 Å². The van der Waals surface area contributed by atoms with Crippen molar-refractivity contribution in [2.24, 2.45) is 11.3 Å². The summed E-state index contributed by atoms with van der Waals surface area (Å²) in [5.41, 5.74) is 0.262. The lowest BCUT2D eigenvalue weighted by molar-refractivity contribution is -0.114. The third-order valence-electron chi connectivity index (χ3n) is 3.00. The van der Waals surface area contributed by atoms with Gasteiger partial charge in [-0.15, -0.1) is 0 Å². The topological polar surface area (TPSA) is 17.1 Å². The minimum absolute atomic E-state index is 0.262. The van der Waals surface area contributed by atoms with Gasteiger partial charge in [0.15, 0.2) is 0 Å². The molecule has 0 saturated heterocycles. The maximum absolute atomic E-state index is 10.7. The Hall–Kier alpha value is -0.330. The number of carbonyl (C=O) groups is 1. The Morgan fingerprint density at radius 2 is 2.00 bits per heavy atom. The molecular formula is C10H18O. The van der Waals surface area contributed by atoms with Crippen LogP contribution in [0.3, 0.4) is 0 Å². The van der Waals surface area contributed by atoms with Gasteiger partial charge >= 0.3 is 0 Å². The minimum atomic E-state index is 0.262. The van der Waals surface area contributed by atoms with Crippen LogP contribution in [0.25, 0.3) is 0 Å². The molecule has 1 rings (SSSR count). The second-order valence-electron chi connectivity index (χ2n) is 4.33. The summed E-state index contributed by atoms with van der Waals surface area (Å²) in [6.07, 6.45) is 7.34. The molecule has 1 atom stereocenters. The van der Waals surface area contributed by atoms with E-state index < -0.39 is 0 Å². The van der Waals surface area contributed by atoms with E-state index in [0.29, 0.717) is 5.92 Å². The molecule has 1 nitrogen and oxygen atoms in total. The van der Waals surface area contributed by atoms with Crippen molar-refractivity contribution in [3.63, 3.8) is 0 Å². The van der Waals surface area contributed by atoms with E-state index in [2.05, 4.69) is 13.8 Å². The number of carbonyl (C=O) groups excluding carboxylic acids is 1. The molecule has 0 aliphatic heterocycles.